The predicted octanol–water partition coefficient (Wildman–Crippen LogP) is 3.19. The molecule has 6 heteroatoms. The van der Waals surface area contributed by atoms with E-state index in [1.165, 1.54) is 24.6 Å². The molecule has 1 aliphatic rings. The first-order valence-corrected chi connectivity index (χ1v) is 8.09. The van der Waals surface area contributed by atoms with E-state index in [2.05, 4.69) is 20.5 Å². The van der Waals surface area contributed by atoms with E-state index in [-0.39, 0.29) is 11.2 Å². The number of para-hydroxylation sites is 1. The maximum atomic E-state index is 12.3. The van der Waals surface area contributed by atoms with Gasteiger partial charge in [0.1, 0.15) is 5.82 Å². The summed E-state index contributed by atoms with van der Waals surface area (Å²) in [5.74, 6) is 1.49. The number of nitrogens with zero attached hydrogens (tertiary/aromatic N) is 2. The molecule has 1 unspecified atom stereocenters. The topological polar surface area (TPSA) is 70.7 Å². The first-order chi connectivity index (χ1) is 10.3. The minimum absolute atomic E-state index is 0.00790. The van der Waals surface area contributed by atoms with Gasteiger partial charge < -0.3 is 5.32 Å². The number of H-pyrrole nitrogens is 1. The zero-order chi connectivity index (χ0) is 14.7. The van der Waals surface area contributed by atoms with Crippen LogP contribution in [0.1, 0.15) is 37.9 Å². The molecule has 0 radical (unpaired) electrons. The molecule has 1 aromatic heterocycles. The van der Waals surface area contributed by atoms with Crippen LogP contribution in [0.2, 0.25) is 0 Å². The van der Waals surface area contributed by atoms with E-state index >= 15 is 0 Å². The molecule has 1 amide bonds. The van der Waals surface area contributed by atoms with Crippen LogP contribution in [0.15, 0.2) is 35.5 Å². The Kier molecular flexibility index (Phi) is 4.24. The molecule has 1 saturated carbocycles. The normalized spacial score (nSPS) is 15.7. The molecule has 0 aliphatic heterocycles. The number of amides is 1. The Bertz CT molecular complexity index is 609. The molecular formula is C15H18N4OS. The number of aromatic amines is 1. The zero-order valence-corrected chi connectivity index (χ0v) is 12.7. The van der Waals surface area contributed by atoms with Crippen LogP contribution < -0.4 is 5.32 Å². The SMILES string of the molecule is CCC(Sc1n[nH]c(C2CC2)n1)C(=O)Nc1ccccc1. The first-order valence-electron chi connectivity index (χ1n) is 7.21. The number of hydrogen-bond donors (Lipinski definition) is 2. The summed E-state index contributed by atoms with van der Waals surface area (Å²) < 4.78 is 0. The van der Waals surface area contributed by atoms with Gasteiger partial charge in [0.2, 0.25) is 11.1 Å². The van der Waals surface area contributed by atoms with E-state index < -0.39 is 0 Å². The van der Waals surface area contributed by atoms with Crippen LogP contribution >= 0.6 is 11.8 Å². The Morgan fingerprint density at radius 2 is 2.19 bits per heavy atom. The van der Waals surface area contributed by atoms with Crippen LogP contribution in [0.3, 0.4) is 0 Å². The number of carbonyl (C=O) groups is 1. The predicted molar refractivity (Wildman–Crippen MR) is 83.4 cm³/mol. The second-order valence-corrected chi connectivity index (χ2v) is 6.32. The molecule has 0 bridgehead atoms. The molecule has 0 spiro atoms. The van der Waals surface area contributed by atoms with Crippen molar-refractivity contribution in [2.45, 2.75) is 42.5 Å². The fourth-order valence-corrected chi connectivity index (χ4v) is 2.88. The second kappa shape index (κ2) is 6.30. The Hall–Kier alpha value is -1.82. The lowest BCUT2D eigenvalue weighted by Crippen LogP contribution is -2.24. The second-order valence-electron chi connectivity index (χ2n) is 5.15. The van der Waals surface area contributed by atoms with Crippen molar-refractivity contribution < 1.29 is 4.79 Å². The van der Waals surface area contributed by atoms with E-state index in [0.29, 0.717) is 11.1 Å². The summed E-state index contributed by atoms with van der Waals surface area (Å²) >= 11 is 1.42. The molecular weight excluding hydrogens is 284 g/mol. The lowest BCUT2D eigenvalue weighted by Gasteiger charge is -2.12. The Morgan fingerprint density at radius 1 is 1.43 bits per heavy atom. The molecule has 1 heterocycles. The number of nitrogens with one attached hydrogen (secondary N) is 2. The fourth-order valence-electron chi connectivity index (χ4n) is 2.04. The highest BCUT2D eigenvalue weighted by atomic mass is 32.2. The largest absolute Gasteiger partial charge is 0.325 e. The van der Waals surface area contributed by atoms with Crippen molar-refractivity contribution in [3.63, 3.8) is 0 Å². The van der Waals surface area contributed by atoms with Gasteiger partial charge in [-0.25, -0.2) is 4.98 Å². The lowest BCUT2D eigenvalue weighted by molar-refractivity contribution is -0.115. The summed E-state index contributed by atoms with van der Waals surface area (Å²) in [6.07, 6.45) is 3.10. The van der Waals surface area contributed by atoms with Crippen LogP contribution in [0.4, 0.5) is 5.69 Å². The van der Waals surface area contributed by atoms with Gasteiger partial charge in [0, 0.05) is 11.6 Å². The van der Waals surface area contributed by atoms with Gasteiger partial charge in [0.05, 0.1) is 5.25 Å². The quantitative estimate of drug-likeness (QED) is 0.804. The Labute approximate surface area is 127 Å². The van der Waals surface area contributed by atoms with Crippen molar-refractivity contribution >= 4 is 23.4 Å². The van der Waals surface area contributed by atoms with Crippen LogP contribution in [-0.2, 0) is 4.79 Å². The highest BCUT2D eigenvalue weighted by Crippen LogP contribution is 2.38. The number of carbonyl (C=O) groups excluding carboxylic acids is 1. The smallest absolute Gasteiger partial charge is 0.237 e. The van der Waals surface area contributed by atoms with Crippen molar-refractivity contribution in [2.24, 2.45) is 0 Å². The minimum atomic E-state index is -0.187. The molecule has 1 aliphatic carbocycles. The number of thioether (sulfide) groups is 1. The fraction of sp³-hybridized carbons (Fsp3) is 0.400. The van der Waals surface area contributed by atoms with Gasteiger partial charge >= 0.3 is 0 Å². The number of benzene rings is 1. The van der Waals surface area contributed by atoms with Crippen LogP contribution in [0, 0.1) is 0 Å². The van der Waals surface area contributed by atoms with Crippen molar-refractivity contribution in [1.82, 2.24) is 15.2 Å². The third kappa shape index (κ3) is 3.64. The van der Waals surface area contributed by atoms with Gasteiger partial charge in [-0.2, -0.15) is 0 Å². The number of aromatic nitrogens is 3. The van der Waals surface area contributed by atoms with Crippen molar-refractivity contribution in [1.29, 1.82) is 0 Å². The molecule has 0 saturated heterocycles. The third-order valence-electron chi connectivity index (χ3n) is 3.40. The standard InChI is InChI=1S/C15H18N4OS/c1-2-12(14(20)16-11-6-4-3-5-7-11)21-15-17-13(18-19-15)10-8-9-10/h3-7,10,12H,2,8-9H2,1H3,(H,16,20)(H,17,18,19). The van der Waals surface area contributed by atoms with Gasteiger partial charge in [-0.1, -0.05) is 36.9 Å². The number of rotatable bonds is 6. The molecule has 2 aromatic rings. The molecule has 21 heavy (non-hydrogen) atoms. The van der Waals surface area contributed by atoms with Gasteiger partial charge in [-0.15, -0.1) is 5.10 Å². The van der Waals surface area contributed by atoms with E-state index in [0.717, 1.165) is 17.9 Å². The summed E-state index contributed by atoms with van der Waals surface area (Å²) in [7, 11) is 0. The average molecular weight is 302 g/mol. The maximum absolute atomic E-state index is 12.3. The van der Waals surface area contributed by atoms with Gasteiger partial charge in [-0.05, 0) is 31.4 Å². The number of hydrogen-bond acceptors (Lipinski definition) is 4. The maximum Gasteiger partial charge on any atom is 0.237 e. The zero-order valence-electron chi connectivity index (χ0n) is 11.9. The average Bonchev–Trinajstić information content (AvgIpc) is 3.25. The lowest BCUT2D eigenvalue weighted by atomic mass is 10.3. The van der Waals surface area contributed by atoms with E-state index in [1.807, 2.05) is 37.3 Å². The summed E-state index contributed by atoms with van der Waals surface area (Å²) in [5, 5.41) is 10.6. The van der Waals surface area contributed by atoms with E-state index in [4.69, 9.17) is 0 Å². The van der Waals surface area contributed by atoms with Crippen molar-refractivity contribution in [2.75, 3.05) is 5.32 Å². The molecule has 5 nitrogen and oxygen atoms in total. The molecule has 2 N–H and O–H groups in total. The summed E-state index contributed by atoms with van der Waals surface area (Å²) in [6.45, 7) is 2.00. The summed E-state index contributed by atoms with van der Waals surface area (Å²) in [4.78, 5) is 16.8. The van der Waals surface area contributed by atoms with Gasteiger partial charge in [-0.3, -0.25) is 9.89 Å². The Morgan fingerprint density at radius 3 is 2.86 bits per heavy atom. The first kappa shape index (κ1) is 14.1. The molecule has 1 fully saturated rings. The molecule has 1 aromatic carbocycles. The van der Waals surface area contributed by atoms with E-state index in [1.54, 1.807) is 0 Å². The highest BCUT2D eigenvalue weighted by molar-refractivity contribution is 8.00. The number of anilines is 1. The Balaban J connectivity index is 1.62. The molecule has 3 rings (SSSR count). The van der Waals surface area contributed by atoms with Crippen LogP contribution in [0.5, 0.6) is 0 Å². The van der Waals surface area contributed by atoms with Crippen molar-refractivity contribution in [3.8, 4) is 0 Å². The monoisotopic (exact) mass is 302 g/mol. The van der Waals surface area contributed by atoms with Crippen molar-refractivity contribution in [3.05, 3.63) is 36.2 Å². The van der Waals surface area contributed by atoms with Gasteiger partial charge in [0.25, 0.3) is 0 Å². The molecule has 1 atom stereocenters. The summed E-state index contributed by atoms with van der Waals surface area (Å²) in [5.41, 5.74) is 0.815. The third-order valence-corrected chi connectivity index (χ3v) is 4.62. The van der Waals surface area contributed by atoms with Crippen LogP contribution in [0.25, 0.3) is 0 Å². The molecule has 110 valence electrons. The van der Waals surface area contributed by atoms with Crippen LogP contribution in [-0.4, -0.2) is 26.3 Å². The summed E-state index contributed by atoms with van der Waals surface area (Å²) in [6, 6.07) is 9.50. The minimum Gasteiger partial charge on any atom is -0.325 e. The van der Waals surface area contributed by atoms with E-state index in [9.17, 15) is 4.79 Å². The highest BCUT2D eigenvalue weighted by Gasteiger charge is 2.28. The van der Waals surface area contributed by atoms with Gasteiger partial charge in [0.15, 0.2) is 0 Å².